The highest BCUT2D eigenvalue weighted by atomic mass is 32.2. The lowest BCUT2D eigenvalue weighted by atomic mass is 10.1. The number of fused-ring (bicyclic) bond motifs is 1. The fourth-order valence-corrected chi connectivity index (χ4v) is 3.07. The van der Waals surface area contributed by atoms with Crippen molar-refractivity contribution in [2.45, 2.75) is 4.90 Å². The Bertz CT molecular complexity index is 1060. The molecule has 7 nitrogen and oxygen atoms in total. The van der Waals surface area contributed by atoms with Crippen LogP contribution >= 0.6 is 0 Å². The Kier molecular flexibility index (Phi) is 4.44. The van der Waals surface area contributed by atoms with E-state index in [1.54, 1.807) is 12.1 Å². The summed E-state index contributed by atoms with van der Waals surface area (Å²) in [4.78, 5) is 12.3. The standard InChI is InChI=1S/C17H13N3O4S/c21-20(22)16-8-5-13(6-9-16)12-18-19-25(23,24)17-10-7-14-3-1-2-4-15(14)11-17/h1-12,19H. The van der Waals surface area contributed by atoms with E-state index < -0.39 is 14.9 Å². The van der Waals surface area contributed by atoms with Crippen molar-refractivity contribution in [2.24, 2.45) is 5.10 Å². The third kappa shape index (κ3) is 3.81. The van der Waals surface area contributed by atoms with Gasteiger partial charge < -0.3 is 0 Å². The van der Waals surface area contributed by atoms with Crippen molar-refractivity contribution in [3.8, 4) is 0 Å². The minimum Gasteiger partial charge on any atom is -0.258 e. The number of sulfonamides is 1. The zero-order chi connectivity index (χ0) is 17.9. The molecule has 3 aromatic rings. The van der Waals surface area contributed by atoms with Gasteiger partial charge in [0.2, 0.25) is 0 Å². The van der Waals surface area contributed by atoms with Crippen LogP contribution in [0.2, 0.25) is 0 Å². The van der Waals surface area contributed by atoms with Crippen molar-refractivity contribution in [2.75, 3.05) is 0 Å². The summed E-state index contributed by atoms with van der Waals surface area (Å²) in [6.07, 6.45) is 1.28. The summed E-state index contributed by atoms with van der Waals surface area (Å²) in [5.74, 6) is 0. The molecule has 0 unspecified atom stereocenters. The average molecular weight is 355 g/mol. The summed E-state index contributed by atoms with van der Waals surface area (Å²) in [6.45, 7) is 0. The topological polar surface area (TPSA) is 102 Å². The molecular formula is C17H13N3O4S. The van der Waals surface area contributed by atoms with E-state index in [1.165, 1.54) is 36.5 Å². The summed E-state index contributed by atoms with van der Waals surface area (Å²) < 4.78 is 24.6. The third-order valence-corrected chi connectivity index (χ3v) is 4.74. The molecule has 0 saturated carbocycles. The molecule has 0 aliphatic heterocycles. The monoisotopic (exact) mass is 355 g/mol. The molecule has 0 amide bonds. The molecule has 0 fully saturated rings. The molecule has 0 radical (unpaired) electrons. The zero-order valence-electron chi connectivity index (χ0n) is 12.9. The maximum absolute atomic E-state index is 12.3. The fraction of sp³-hybridized carbons (Fsp3) is 0. The molecule has 0 atom stereocenters. The van der Waals surface area contributed by atoms with Gasteiger partial charge in [-0.15, -0.1) is 0 Å². The Balaban J connectivity index is 1.77. The molecular weight excluding hydrogens is 342 g/mol. The van der Waals surface area contributed by atoms with E-state index in [2.05, 4.69) is 9.93 Å². The van der Waals surface area contributed by atoms with Gasteiger partial charge in [0.25, 0.3) is 15.7 Å². The highest BCUT2D eigenvalue weighted by molar-refractivity contribution is 7.89. The Hall–Kier alpha value is -3.26. The van der Waals surface area contributed by atoms with Crippen molar-refractivity contribution >= 4 is 32.7 Å². The fourth-order valence-electron chi connectivity index (χ4n) is 2.24. The first-order valence-electron chi connectivity index (χ1n) is 7.24. The Labute approximate surface area is 143 Å². The van der Waals surface area contributed by atoms with Gasteiger partial charge in [0, 0.05) is 12.1 Å². The van der Waals surface area contributed by atoms with Gasteiger partial charge in [-0.1, -0.05) is 30.3 Å². The van der Waals surface area contributed by atoms with Gasteiger partial charge in [-0.2, -0.15) is 13.5 Å². The van der Waals surface area contributed by atoms with E-state index >= 15 is 0 Å². The third-order valence-electron chi connectivity index (χ3n) is 3.52. The quantitative estimate of drug-likeness (QED) is 0.432. The first kappa shape index (κ1) is 16.6. The number of hydrazone groups is 1. The van der Waals surface area contributed by atoms with Crippen LogP contribution in [0.5, 0.6) is 0 Å². The van der Waals surface area contributed by atoms with Crippen LogP contribution in [0.15, 0.2) is 76.7 Å². The number of hydrogen-bond acceptors (Lipinski definition) is 5. The molecule has 25 heavy (non-hydrogen) atoms. The molecule has 3 rings (SSSR count). The molecule has 0 aliphatic rings. The lowest BCUT2D eigenvalue weighted by molar-refractivity contribution is -0.384. The lowest BCUT2D eigenvalue weighted by Crippen LogP contribution is -2.18. The van der Waals surface area contributed by atoms with E-state index in [9.17, 15) is 18.5 Å². The summed E-state index contributed by atoms with van der Waals surface area (Å²) in [5, 5.41) is 16.0. The average Bonchev–Trinajstić information content (AvgIpc) is 2.61. The summed E-state index contributed by atoms with van der Waals surface area (Å²) in [7, 11) is -3.80. The predicted octanol–water partition coefficient (Wildman–Crippen LogP) is 3.06. The van der Waals surface area contributed by atoms with Crippen LogP contribution in [0.4, 0.5) is 5.69 Å². The smallest absolute Gasteiger partial charge is 0.258 e. The van der Waals surface area contributed by atoms with Crippen molar-refractivity contribution in [1.82, 2.24) is 4.83 Å². The number of nitro groups is 1. The molecule has 8 heteroatoms. The first-order chi connectivity index (χ1) is 12.0. The molecule has 0 aromatic heterocycles. The van der Waals surface area contributed by atoms with Crippen LogP contribution in [0.1, 0.15) is 5.56 Å². The largest absolute Gasteiger partial charge is 0.276 e. The molecule has 1 N–H and O–H groups in total. The second-order valence-corrected chi connectivity index (χ2v) is 6.87. The normalized spacial score (nSPS) is 11.7. The summed E-state index contributed by atoms with van der Waals surface area (Å²) >= 11 is 0. The van der Waals surface area contributed by atoms with Gasteiger partial charge in [-0.3, -0.25) is 10.1 Å². The number of hydrogen-bond donors (Lipinski definition) is 1. The maximum atomic E-state index is 12.3. The van der Waals surface area contributed by atoms with Crippen molar-refractivity contribution in [3.63, 3.8) is 0 Å². The summed E-state index contributed by atoms with van der Waals surface area (Å²) in [6, 6.07) is 17.8. The van der Waals surface area contributed by atoms with Gasteiger partial charge >= 0.3 is 0 Å². The van der Waals surface area contributed by atoms with E-state index in [0.717, 1.165) is 10.8 Å². The number of non-ortho nitro benzene ring substituents is 1. The van der Waals surface area contributed by atoms with Crippen molar-refractivity contribution in [1.29, 1.82) is 0 Å². The van der Waals surface area contributed by atoms with Crippen LogP contribution in [0.25, 0.3) is 10.8 Å². The second-order valence-electron chi connectivity index (χ2n) is 5.21. The predicted molar refractivity (Wildman–Crippen MR) is 95.0 cm³/mol. The Morgan fingerprint density at radius 1 is 0.960 bits per heavy atom. The molecule has 0 aliphatic carbocycles. The SMILES string of the molecule is O=[N+]([O-])c1ccc(C=NNS(=O)(=O)c2ccc3ccccc3c2)cc1. The summed E-state index contributed by atoms with van der Waals surface area (Å²) in [5.41, 5.74) is 0.487. The zero-order valence-corrected chi connectivity index (χ0v) is 13.7. The van der Waals surface area contributed by atoms with Crippen molar-refractivity contribution < 1.29 is 13.3 Å². The minimum atomic E-state index is -3.80. The number of nitrogens with one attached hydrogen (secondary N) is 1. The van der Waals surface area contributed by atoms with Gasteiger partial charge in [0.1, 0.15) is 0 Å². The number of rotatable bonds is 5. The van der Waals surface area contributed by atoms with Gasteiger partial charge in [-0.25, -0.2) is 4.83 Å². The van der Waals surface area contributed by atoms with E-state index in [4.69, 9.17) is 0 Å². The first-order valence-corrected chi connectivity index (χ1v) is 8.72. The van der Waals surface area contributed by atoms with E-state index in [0.29, 0.717) is 5.56 Å². The molecule has 3 aromatic carbocycles. The van der Waals surface area contributed by atoms with Crippen LogP contribution in [-0.2, 0) is 10.0 Å². The number of nitrogens with zero attached hydrogens (tertiary/aromatic N) is 2. The Morgan fingerprint density at radius 3 is 2.32 bits per heavy atom. The van der Waals surface area contributed by atoms with Crippen LogP contribution in [0, 0.1) is 10.1 Å². The van der Waals surface area contributed by atoms with E-state index in [-0.39, 0.29) is 10.6 Å². The molecule has 0 bridgehead atoms. The van der Waals surface area contributed by atoms with Gasteiger partial charge in [-0.05, 0) is 40.6 Å². The van der Waals surface area contributed by atoms with E-state index in [1.807, 2.05) is 24.3 Å². The molecule has 0 heterocycles. The Morgan fingerprint density at radius 2 is 1.64 bits per heavy atom. The second kappa shape index (κ2) is 6.70. The van der Waals surface area contributed by atoms with Crippen molar-refractivity contribution in [3.05, 3.63) is 82.4 Å². The van der Waals surface area contributed by atoms with Crippen LogP contribution in [-0.4, -0.2) is 19.6 Å². The number of nitro benzene ring substituents is 1. The highest BCUT2D eigenvalue weighted by Crippen LogP contribution is 2.18. The van der Waals surface area contributed by atoms with Crippen LogP contribution in [0.3, 0.4) is 0 Å². The highest BCUT2D eigenvalue weighted by Gasteiger charge is 2.13. The molecule has 0 spiro atoms. The molecule has 0 saturated heterocycles. The molecule has 126 valence electrons. The number of benzene rings is 3. The van der Waals surface area contributed by atoms with Gasteiger partial charge in [0.15, 0.2) is 0 Å². The van der Waals surface area contributed by atoms with Crippen LogP contribution < -0.4 is 4.83 Å². The minimum absolute atomic E-state index is 0.0473. The maximum Gasteiger partial charge on any atom is 0.276 e. The van der Waals surface area contributed by atoms with Gasteiger partial charge in [0.05, 0.1) is 16.0 Å². The lowest BCUT2D eigenvalue weighted by Gasteiger charge is -2.05.